The summed E-state index contributed by atoms with van der Waals surface area (Å²) in [7, 11) is 0. The molecule has 0 unspecified atom stereocenters. The number of rotatable bonds is 5. The largest absolute Gasteiger partial charge is 0.310 e. The number of para-hydroxylation sites is 2. The Morgan fingerprint density at radius 1 is 0.420 bits per heavy atom. The van der Waals surface area contributed by atoms with Gasteiger partial charge in [0.05, 0.1) is 16.7 Å². The second-order valence-corrected chi connectivity index (χ2v) is 14.2. The summed E-state index contributed by atoms with van der Waals surface area (Å²) in [5.74, 6) is 0. The Hall–Kier alpha value is -6.12. The van der Waals surface area contributed by atoms with E-state index in [1.54, 1.807) is 0 Å². The third-order valence-corrected chi connectivity index (χ3v) is 10.1. The van der Waals surface area contributed by atoms with Crippen LogP contribution in [0.3, 0.4) is 0 Å². The number of nitrogens with zero attached hydrogens (tertiary/aromatic N) is 2. The summed E-state index contributed by atoms with van der Waals surface area (Å²) in [5.41, 5.74) is 10.8. The van der Waals surface area contributed by atoms with E-state index in [0.29, 0.717) is 0 Å². The Balaban J connectivity index is 1.36. The molecule has 50 heavy (non-hydrogen) atoms. The van der Waals surface area contributed by atoms with E-state index >= 15 is 0 Å². The molecule has 9 rings (SSSR count). The highest BCUT2D eigenvalue weighted by Crippen LogP contribution is 2.43. The van der Waals surface area contributed by atoms with Crippen LogP contribution in [0.4, 0.5) is 17.1 Å². The lowest BCUT2D eigenvalue weighted by Crippen LogP contribution is -2.10. The highest BCUT2D eigenvalue weighted by atomic mass is 15.1. The maximum Gasteiger partial charge on any atom is 0.0542 e. The molecular weight excluding hydrogens is 605 g/mol. The summed E-state index contributed by atoms with van der Waals surface area (Å²) in [6, 6.07) is 64.2. The molecule has 0 aliphatic carbocycles. The van der Waals surface area contributed by atoms with Gasteiger partial charge >= 0.3 is 0 Å². The highest BCUT2D eigenvalue weighted by Gasteiger charge is 2.22. The Labute approximate surface area is 293 Å². The van der Waals surface area contributed by atoms with Crippen molar-refractivity contribution in [3.8, 4) is 16.8 Å². The van der Waals surface area contributed by atoms with Gasteiger partial charge < -0.3 is 9.47 Å². The minimum atomic E-state index is 0.0171. The molecule has 0 atom stereocenters. The van der Waals surface area contributed by atoms with Crippen molar-refractivity contribution in [3.63, 3.8) is 0 Å². The maximum atomic E-state index is 2.49. The molecule has 0 fully saturated rings. The van der Waals surface area contributed by atoms with E-state index in [-0.39, 0.29) is 5.41 Å². The topological polar surface area (TPSA) is 8.17 Å². The van der Waals surface area contributed by atoms with Crippen molar-refractivity contribution in [1.29, 1.82) is 0 Å². The van der Waals surface area contributed by atoms with Crippen LogP contribution in [0.5, 0.6) is 0 Å². The fourth-order valence-corrected chi connectivity index (χ4v) is 7.66. The van der Waals surface area contributed by atoms with E-state index in [0.717, 1.165) is 17.1 Å². The Morgan fingerprint density at radius 2 is 1.00 bits per heavy atom. The van der Waals surface area contributed by atoms with Gasteiger partial charge in [0, 0.05) is 33.2 Å². The van der Waals surface area contributed by atoms with Gasteiger partial charge in [-0.2, -0.15) is 0 Å². The molecule has 0 N–H and O–H groups in total. The van der Waals surface area contributed by atoms with Crippen LogP contribution in [-0.2, 0) is 5.41 Å². The lowest BCUT2D eigenvalue weighted by molar-refractivity contribution is 0.591. The molecule has 240 valence electrons. The lowest BCUT2D eigenvalue weighted by atomic mass is 9.86. The average Bonchev–Trinajstić information content (AvgIpc) is 3.47. The fourth-order valence-electron chi connectivity index (χ4n) is 7.66. The van der Waals surface area contributed by atoms with Crippen molar-refractivity contribution in [2.75, 3.05) is 4.90 Å². The van der Waals surface area contributed by atoms with Gasteiger partial charge in [0.15, 0.2) is 0 Å². The molecular formula is C48H38N2. The molecule has 9 aromatic rings. The van der Waals surface area contributed by atoms with E-state index in [1.165, 1.54) is 65.7 Å². The Kier molecular flexibility index (Phi) is 7.07. The van der Waals surface area contributed by atoms with Crippen LogP contribution in [0, 0.1) is 0 Å². The lowest BCUT2D eigenvalue weighted by Gasteiger charge is -2.25. The first kappa shape index (κ1) is 30.0. The van der Waals surface area contributed by atoms with Gasteiger partial charge in [0.25, 0.3) is 0 Å². The first-order valence-corrected chi connectivity index (χ1v) is 17.4. The van der Waals surface area contributed by atoms with Gasteiger partial charge in [-0.3, -0.25) is 0 Å². The zero-order chi connectivity index (χ0) is 33.8. The molecule has 0 radical (unpaired) electrons. The van der Waals surface area contributed by atoms with Crippen LogP contribution >= 0.6 is 0 Å². The molecule has 2 nitrogen and oxygen atoms in total. The van der Waals surface area contributed by atoms with Crippen LogP contribution in [0.1, 0.15) is 26.3 Å². The van der Waals surface area contributed by atoms with Gasteiger partial charge in [-0.15, -0.1) is 0 Å². The number of hydrogen-bond donors (Lipinski definition) is 0. The summed E-state index contributed by atoms with van der Waals surface area (Å²) in [6.45, 7) is 6.89. The number of anilines is 3. The third-order valence-electron chi connectivity index (χ3n) is 10.1. The van der Waals surface area contributed by atoms with Crippen molar-refractivity contribution < 1.29 is 0 Å². The maximum absolute atomic E-state index is 2.49. The molecule has 0 saturated carbocycles. The van der Waals surface area contributed by atoms with Gasteiger partial charge in [0.2, 0.25) is 0 Å². The molecule has 0 spiro atoms. The molecule has 8 aromatic carbocycles. The minimum absolute atomic E-state index is 0.0171. The quantitative estimate of drug-likeness (QED) is 0.170. The number of fused-ring (bicyclic) bond motifs is 5. The first-order valence-electron chi connectivity index (χ1n) is 17.4. The SMILES string of the molecule is CC(C)(C)c1ccc2c(c1)c1cc(N(c3ccccc3)c3ccccc3)ccc1n2-c1cccc2c(-c3ccccc3)c3ccccc3cc12. The molecule has 1 heterocycles. The van der Waals surface area contributed by atoms with Crippen LogP contribution in [0.25, 0.3) is 60.2 Å². The van der Waals surface area contributed by atoms with E-state index in [4.69, 9.17) is 0 Å². The van der Waals surface area contributed by atoms with Crippen molar-refractivity contribution in [1.82, 2.24) is 4.57 Å². The van der Waals surface area contributed by atoms with E-state index in [2.05, 4.69) is 206 Å². The van der Waals surface area contributed by atoms with Gasteiger partial charge in [0.1, 0.15) is 0 Å². The van der Waals surface area contributed by atoms with E-state index in [9.17, 15) is 0 Å². The molecule has 0 bridgehead atoms. The zero-order valence-electron chi connectivity index (χ0n) is 28.6. The summed E-state index contributed by atoms with van der Waals surface area (Å²) >= 11 is 0. The second-order valence-electron chi connectivity index (χ2n) is 14.2. The molecule has 0 aliphatic heterocycles. The summed E-state index contributed by atoms with van der Waals surface area (Å²) in [6.07, 6.45) is 0. The van der Waals surface area contributed by atoms with Crippen LogP contribution < -0.4 is 4.90 Å². The van der Waals surface area contributed by atoms with Gasteiger partial charge in [-0.1, -0.05) is 130 Å². The van der Waals surface area contributed by atoms with E-state index < -0.39 is 0 Å². The molecule has 1 aromatic heterocycles. The predicted octanol–water partition coefficient (Wildman–Crippen LogP) is 13.5. The van der Waals surface area contributed by atoms with Crippen molar-refractivity contribution in [2.45, 2.75) is 26.2 Å². The summed E-state index contributed by atoms with van der Waals surface area (Å²) in [4.78, 5) is 2.35. The predicted molar refractivity (Wildman–Crippen MR) is 215 cm³/mol. The normalized spacial score (nSPS) is 11.9. The van der Waals surface area contributed by atoms with Crippen LogP contribution in [-0.4, -0.2) is 4.57 Å². The third kappa shape index (κ3) is 4.95. The molecule has 0 saturated heterocycles. The van der Waals surface area contributed by atoms with Crippen LogP contribution in [0.15, 0.2) is 176 Å². The molecule has 0 aliphatic rings. The molecule has 0 amide bonds. The standard InChI is InChI=1S/C48H38N2/c1-48(2,3)35-26-28-45-42(31-35)43-32-38(49(36-19-9-5-10-20-36)37-21-11-6-12-22-37)27-29-46(43)50(45)44-25-15-24-40-41(44)30-34-18-13-14-23-39(34)47(40)33-16-7-4-8-17-33/h4-32H,1-3H3. The van der Waals surface area contributed by atoms with Gasteiger partial charge in [-0.25, -0.2) is 0 Å². The zero-order valence-corrected chi connectivity index (χ0v) is 28.6. The fraction of sp³-hybridized carbons (Fsp3) is 0.0833. The first-order chi connectivity index (χ1) is 24.5. The highest BCUT2D eigenvalue weighted by molar-refractivity contribution is 6.17. The Bertz CT molecular complexity index is 2620. The second kappa shape index (κ2) is 11.8. The van der Waals surface area contributed by atoms with Gasteiger partial charge in [-0.05, 0) is 105 Å². The van der Waals surface area contributed by atoms with E-state index in [1.807, 2.05) is 0 Å². The smallest absolute Gasteiger partial charge is 0.0542 e. The van der Waals surface area contributed by atoms with Crippen molar-refractivity contribution in [3.05, 3.63) is 181 Å². The molecule has 2 heteroatoms. The number of aromatic nitrogens is 1. The summed E-state index contributed by atoms with van der Waals surface area (Å²) in [5, 5.41) is 7.50. The average molecular weight is 643 g/mol. The minimum Gasteiger partial charge on any atom is -0.310 e. The van der Waals surface area contributed by atoms with Crippen molar-refractivity contribution in [2.24, 2.45) is 0 Å². The number of hydrogen-bond acceptors (Lipinski definition) is 1. The van der Waals surface area contributed by atoms with Crippen molar-refractivity contribution >= 4 is 60.4 Å². The monoisotopic (exact) mass is 642 g/mol. The van der Waals surface area contributed by atoms with Crippen LogP contribution in [0.2, 0.25) is 0 Å². The number of benzene rings is 8. The Morgan fingerprint density at radius 3 is 1.68 bits per heavy atom. The summed E-state index contributed by atoms with van der Waals surface area (Å²) < 4.78 is 2.49.